The van der Waals surface area contributed by atoms with Gasteiger partial charge >= 0.3 is 5.97 Å². The number of methoxy groups -OCH3 is 1. The molecular weight excluding hydrogens is 462 g/mol. The van der Waals surface area contributed by atoms with E-state index in [0.717, 1.165) is 0 Å². The van der Waals surface area contributed by atoms with E-state index in [1.165, 1.54) is 7.11 Å². The number of rotatable bonds is 2. The lowest BCUT2D eigenvalue weighted by Crippen LogP contribution is -2.54. The molecule has 184 valence electrons. The number of ketones is 1. The van der Waals surface area contributed by atoms with Crippen LogP contribution in [0.5, 0.6) is 11.5 Å². The molecule has 1 unspecified atom stereocenters. The fourth-order valence-corrected chi connectivity index (χ4v) is 5.91. The second-order valence-electron chi connectivity index (χ2n) is 10.1. The summed E-state index contributed by atoms with van der Waals surface area (Å²) in [6.07, 6.45) is 0.668. The predicted octanol–water partition coefficient (Wildman–Crippen LogP) is 3.11. The van der Waals surface area contributed by atoms with Crippen LogP contribution in [-0.4, -0.2) is 31.6 Å². The summed E-state index contributed by atoms with van der Waals surface area (Å²) < 4.78 is 16.2. The zero-order valence-electron chi connectivity index (χ0n) is 20.1. The number of nitrogens with one attached hydrogen (secondary N) is 1. The molecule has 0 fully saturated rings. The van der Waals surface area contributed by atoms with Gasteiger partial charge in [-0.3, -0.25) is 14.5 Å². The molecule has 6 rings (SSSR count). The molecule has 36 heavy (non-hydrogen) atoms. The molecule has 0 saturated heterocycles. The number of carbonyl (C=O) groups is 3. The second kappa shape index (κ2) is 7.36. The Hall–Kier alpha value is -4.27. The van der Waals surface area contributed by atoms with Gasteiger partial charge in [0.15, 0.2) is 17.3 Å². The highest BCUT2D eigenvalue weighted by atomic mass is 16.7. The summed E-state index contributed by atoms with van der Waals surface area (Å²) in [5.74, 6) is -0.370. The number of nitrogens with zero attached hydrogens (tertiary/aromatic N) is 1. The minimum atomic E-state index is -1.72. The van der Waals surface area contributed by atoms with Crippen LogP contribution >= 0.6 is 0 Å². The Morgan fingerprint density at radius 2 is 1.83 bits per heavy atom. The Bertz CT molecular complexity index is 1440. The van der Waals surface area contributed by atoms with Crippen molar-refractivity contribution in [3.63, 3.8) is 0 Å². The van der Waals surface area contributed by atoms with Gasteiger partial charge in [0, 0.05) is 35.0 Å². The van der Waals surface area contributed by atoms with Crippen molar-refractivity contribution in [2.24, 2.45) is 11.1 Å². The molecule has 1 atom stereocenters. The van der Waals surface area contributed by atoms with E-state index in [1.807, 2.05) is 13.8 Å². The van der Waals surface area contributed by atoms with E-state index < -0.39 is 22.7 Å². The lowest BCUT2D eigenvalue weighted by Gasteiger charge is -2.47. The molecule has 3 aliphatic heterocycles. The quantitative estimate of drug-likeness (QED) is 0.620. The van der Waals surface area contributed by atoms with Crippen LogP contribution < -0.4 is 25.4 Å². The van der Waals surface area contributed by atoms with E-state index in [4.69, 9.17) is 19.9 Å². The van der Waals surface area contributed by atoms with Crippen molar-refractivity contribution in [2.75, 3.05) is 24.1 Å². The van der Waals surface area contributed by atoms with Gasteiger partial charge in [0.2, 0.25) is 12.7 Å². The Kier molecular flexibility index (Phi) is 4.54. The SMILES string of the molecule is COC(=O)C1=C(N)N(c2ccc3c(c2)OCO3)C2=C(C(=O)CC(C)(C)C2)C12C(=O)Nc1ccccc12. The Balaban J connectivity index is 1.71. The number of anilines is 2. The third-order valence-corrected chi connectivity index (χ3v) is 7.29. The first-order chi connectivity index (χ1) is 17.2. The smallest absolute Gasteiger partial charge is 0.339 e. The molecular formula is C27H25N3O6. The number of para-hydroxylation sites is 1. The van der Waals surface area contributed by atoms with E-state index >= 15 is 0 Å². The first kappa shape index (κ1) is 22.2. The number of ether oxygens (including phenoxy) is 3. The predicted molar refractivity (Wildman–Crippen MR) is 130 cm³/mol. The van der Waals surface area contributed by atoms with Crippen molar-refractivity contribution in [1.29, 1.82) is 0 Å². The average molecular weight is 488 g/mol. The maximum absolute atomic E-state index is 14.0. The van der Waals surface area contributed by atoms with Gasteiger partial charge in [-0.1, -0.05) is 32.0 Å². The zero-order chi connectivity index (χ0) is 25.4. The van der Waals surface area contributed by atoms with Gasteiger partial charge in [0.05, 0.1) is 12.8 Å². The fourth-order valence-electron chi connectivity index (χ4n) is 5.91. The molecule has 0 aromatic heterocycles. The van der Waals surface area contributed by atoms with Crippen molar-refractivity contribution in [2.45, 2.75) is 32.1 Å². The molecule has 0 saturated carbocycles. The molecule has 3 N–H and O–H groups in total. The number of amides is 1. The summed E-state index contributed by atoms with van der Waals surface area (Å²) in [7, 11) is 1.23. The summed E-state index contributed by atoms with van der Waals surface area (Å²) >= 11 is 0. The summed E-state index contributed by atoms with van der Waals surface area (Å²) in [6.45, 7) is 4.09. The number of benzene rings is 2. The van der Waals surface area contributed by atoms with Crippen LogP contribution in [0.3, 0.4) is 0 Å². The topological polar surface area (TPSA) is 120 Å². The van der Waals surface area contributed by atoms with Crippen LogP contribution in [-0.2, 0) is 24.5 Å². The number of Topliss-reactive ketones (excluding diaryl/α,β-unsaturated/α-hetero) is 1. The van der Waals surface area contributed by atoms with Crippen LogP contribution in [0.15, 0.2) is 65.1 Å². The fraction of sp³-hybridized carbons (Fsp3) is 0.296. The third-order valence-electron chi connectivity index (χ3n) is 7.29. The number of fused-ring (bicyclic) bond motifs is 4. The van der Waals surface area contributed by atoms with Crippen LogP contribution in [0.4, 0.5) is 11.4 Å². The van der Waals surface area contributed by atoms with E-state index in [-0.39, 0.29) is 36.0 Å². The summed E-state index contributed by atoms with van der Waals surface area (Å²) in [4.78, 5) is 43.0. The largest absolute Gasteiger partial charge is 0.466 e. The van der Waals surface area contributed by atoms with Crippen LogP contribution in [0, 0.1) is 5.41 Å². The average Bonchev–Trinajstić information content (AvgIpc) is 3.40. The maximum Gasteiger partial charge on any atom is 0.339 e. The van der Waals surface area contributed by atoms with Crippen LogP contribution in [0.25, 0.3) is 0 Å². The van der Waals surface area contributed by atoms with Gasteiger partial charge in [-0.2, -0.15) is 0 Å². The minimum absolute atomic E-state index is 0.0248. The van der Waals surface area contributed by atoms with Gasteiger partial charge in [-0.15, -0.1) is 0 Å². The molecule has 1 amide bonds. The summed E-state index contributed by atoms with van der Waals surface area (Å²) in [6, 6.07) is 12.3. The molecule has 1 spiro atoms. The first-order valence-electron chi connectivity index (χ1n) is 11.6. The van der Waals surface area contributed by atoms with E-state index in [0.29, 0.717) is 40.6 Å². The highest BCUT2D eigenvalue weighted by molar-refractivity contribution is 6.23. The maximum atomic E-state index is 14.0. The molecule has 2 aromatic rings. The normalized spacial score (nSPS) is 23.6. The highest BCUT2D eigenvalue weighted by Gasteiger charge is 2.62. The molecule has 2 aromatic carbocycles. The molecule has 1 aliphatic carbocycles. The number of hydrogen-bond acceptors (Lipinski definition) is 8. The van der Waals surface area contributed by atoms with Gasteiger partial charge in [0.1, 0.15) is 16.8 Å². The lowest BCUT2D eigenvalue weighted by atomic mass is 9.60. The second-order valence-corrected chi connectivity index (χ2v) is 10.1. The van der Waals surface area contributed by atoms with E-state index in [2.05, 4.69) is 5.32 Å². The third kappa shape index (κ3) is 2.79. The highest BCUT2D eigenvalue weighted by Crippen LogP contribution is 2.57. The minimum Gasteiger partial charge on any atom is -0.466 e. The Morgan fingerprint density at radius 1 is 1.08 bits per heavy atom. The molecule has 3 heterocycles. The number of nitrogens with two attached hydrogens (primary N) is 1. The molecule has 9 nitrogen and oxygen atoms in total. The van der Waals surface area contributed by atoms with Crippen LogP contribution in [0.1, 0.15) is 32.3 Å². The molecule has 4 aliphatic rings. The Labute approximate surface area is 207 Å². The van der Waals surface area contributed by atoms with Crippen molar-refractivity contribution in [1.82, 2.24) is 0 Å². The standard InChI is InChI=1S/C27H25N3O6/c1-26(2)11-17-21(18(31)12-26)27(15-6-4-5-7-16(15)29-25(27)33)22(24(32)34-3)23(28)30(17)14-8-9-19-20(10-14)36-13-35-19/h4-10H,11-13,28H2,1-3H3,(H,29,33). The van der Waals surface area contributed by atoms with Crippen molar-refractivity contribution in [3.05, 3.63) is 70.7 Å². The molecule has 0 bridgehead atoms. The van der Waals surface area contributed by atoms with Gasteiger partial charge in [-0.05, 0) is 30.0 Å². The zero-order valence-corrected chi connectivity index (χ0v) is 20.1. The monoisotopic (exact) mass is 487 g/mol. The van der Waals surface area contributed by atoms with Crippen LogP contribution in [0.2, 0.25) is 0 Å². The van der Waals surface area contributed by atoms with Gasteiger partial charge in [0.25, 0.3) is 0 Å². The van der Waals surface area contributed by atoms with Crippen molar-refractivity contribution < 1.29 is 28.6 Å². The molecule has 0 radical (unpaired) electrons. The number of esters is 1. The van der Waals surface area contributed by atoms with E-state index in [9.17, 15) is 14.4 Å². The first-order valence-corrected chi connectivity index (χ1v) is 11.6. The lowest BCUT2D eigenvalue weighted by molar-refractivity contribution is -0.138. The number of hydrogen-bond donors (Lipinski definition) is 2. The van der Waals surface area contributed by atoms with Gasteiger partial charge < -0.3 is 25.3 Å². The Morgan fingerprint density at radius 3 is 2.61 bits per heavy atom. The number of carbonyl (C=O) groups excluding carboxylic acids is 3. The van der Waals surface area contributed by atoms with E-state index in [1.54, 1.807) is 47.4 Å². The van der Waals surface area contributed by atoms with Crippen molar-refractivity contribution in [3.8, 4) is 11.5 Å². The summed E-state index contributed by atoms with van der Waals surface area (Å²) in [5.41, 5.74) is 7.03. The number of allylic oxidation sites excluding steroid dienone is 1. The van der Waals surface area contributed by atoms with Gasteiger partial charge in [-0.25, -0.2) is 4.79 Å². The molecule has 9 heteroatoms. The summed E-state index contributed by atoms with van der Waals surface area (Å²) in [5, 5.41) is 2.87. The van der Waals surface area contributed by atoms with Crippen molar-refractivity contribution >= 4 is 29.0 Å².